The number of hydrogen-bond acceptors (Lipinski definition) is 5. The van der Waals surface area contributed by atoms with E-state index in [9.17, 15) is 22.5 Å². The molecule has 2 atom stereocenters. The Morgan fingerprint density at radius 1 is 1.23 bits per heavy atom. The molecule has 0 bridgehead atoms. The number of aliphatic hydroxyl groups is 1. The van der Waals surface area contributed by atoms with Gasteiger partial charge in [0, 0.05) is 13.0 Å². The fourth-order valence-electron chi connectivity index (χ4n) is 2.15. The first-order valence-corrected chi connectivity index (χ1v) is 9.01. The lowest BCUT2D eigenvalue weighted by Crippen LogP contribution is -2.20. The molecule has 0 aliphatic rings. The van der Waals surface area contributed by atoms with Crippen LogP contribution in [0.25, 0.3) is 0 Å². The summed E-state index contributed by atoms with van der Waals surface area (Å²) >= 11 is 0. The number of nitriles is 1. The lowest BCUT2D eigenvalue weighted by Gasteiger charge is -2.13. The van der Waals surface area contributed by atoms with Crippen LogP contribution in [0, 0.1) is 11.3 Å². The van der Waals surface area contributed by atoms with Crippen molar-refractivity contribution < 1.29 is 22.5 Å². The maximum absolute atomic E-state index is 12.9. The molecule has 0 fully saturated rings. The minimum atomic E-state index is -4.74. The molecular formula is C17H16F3N3O2S. The first-order chi connectivity index (χ1) is 12.3. The fraction of sp³-hybridized carbons (Fsp3) is 0.294. The zero-order chi connectivity index (χ0) is 19.2. The van der Waals surface area contributed by atoms with Crippen LogP contribution in [0.5, 0.6) is 0 Å². The quantitative estimate of drug-likeness (QED) is 0.768. The highest BCUT2D eigenvalue weighted by atomic mass is 32.2. The lowest BCUT2D eigenvalue weighted by molar-refractivity contribution is -0.141. The second-order valence-corrected chi connectivity index (χ2v) is 6.98. The molecule has 2 N–H and O–H groups in total. The summed E-state index contributed by atoms with van der Waals surface area (Å²) in [5.41, 5.74) is -2.13. The van der Waals surface area contributed by atoms with Crippen molar-refractivity contribution in [3.05, 3.63) is 59.3 Å². The van der Waals surface area contributed by atoms with E-state index in [-0.39, 0.29) is 24.5 Å². The average molecular weight is 383 g/mol. The second kappa shape index (κ2) is 8.78. The minimum absolute atomic E-state index is 0.0719. The number of pyridine rings is 1. The number of nitrogens with zero attached hydrogens (tertiary/aromatic N) is 2. The molecule has 0 amide bonds. The number of anilines is 1. The summed E-state index contributed by atoms with van der Waals surface area (Å²) in [7, 11) is -1.53. The maximum atomic E-state index is 12.9. The van der Waals surface area contributed by atoms with Crippen LogP contribution < -0.4 is 5.32 Å². The third-order valence-electron chi connectivity index (χ3n) is 3.44. The minimum Gasteiger partial charge on any atom is -0.380 e. The topological polar surface area (TPSA) is 86.0 Å². The molecule has 0 saturated carbocycles. The van der Waals surface area contributed by atoms with Crippen LogP contribution in [-0.2, 0) is 22.7 Å². The first-order valence-electron chi connectivity index (χ1n) is 7.62. The average Bonchev–Trinajstić information content (AvgIpc) is 2.61. The summed E-state index contributed by atoms with van der Waals surface area (Å²) in [5, 5.41) is 21.3. The van der Waals surface area contributed by atoms with E-state index in [0.717, 1.165) is 11.6 Å². The Hall–Kier alpha value is -2.44. The second-order valence-electron chi connectivity index (χ2n) is 5.38. The van der Waals surface area contributed by atoms with Crippen molar-refractivity contribution in [3.63, 3.8) is 0 Å². The molecule has 1 heterocycles. The highest BCUT2D eigenvalue weighted by Gasteiger charge is 2.36. The first kappa shape index (κ1) is 19.9. The smallest absolute Gasteiger partial charge is 0.380 e. The van der Waals surface area contributed by atoms with Crippen molar-refractivity contribution in [2.75, 3.05) is 11.9 Å². The van der Waals surface area contributed by atoms with Gasteiger partial charge in [-0.25, -0.2) is 4.98 Å². The number of aliphatic hydroxyl groups excluding tert-OH is 1. The number of rotatable bonds is 7. The van der Waals surface area contributed by atoms with Gasteiger partial charge in [-0.2, -0.15) is 18.4 Å². The van der Waals surface area contributed by atoms with Gasteiger partial charge in [0.25, 0.3) is 0 Å². The molecule has 0 radical (unpaired) electrons. The molecule has 2 rings (SSSR count). The zero-order valence-electron chi connectivity index (χ0n) is 13.5. The molecule has 0 saturated heterocycles. The van der Waals surface area contributed by atoms with Crippen LogP contribution >= 0.6 is 0 Å². The van der Waals surface area contributed by atoms with Gasteiger partial charge in [0.15, 0.2) is 5.69 Å². The Kier molecular flexibility index (Phi) is 6.71. The van der Waals surface area contributed by atoms with Gasteiger partial charge in [0.05, 0.1) is 22.1 Å². The summed E-state index contributed by atoms with van der Waals surface area (Å²) < 4.78 is 50.6. The summed E-state index contributed by atoms with van der Waals surface area (Å²) in [6.45, 7) is 0.0812. The normalized spacial score (nSPS) is 13.7. The SMILES string of the molecule is N#Cc1ccc(NCCC(O)[S@](=O)Cc2ccccc2)nc1C(F)(F)F. The number of alkyl halides is 3. The molecule has 1 aromatic heterocycles. The third kappa shape index (κ3) is 5.54. The lowest BCUT2D eigenvalue weighted by atomic mass is 10.2. The standard InChI is InChI=1S/C17H16F3N3O2S/c18-17(19,20)16-13(10-21)6-7-14(23-16)22-9-8-15(24)26(25)11-12-4-2-1-3-5-12/h1-7,15,24H,8-9,11H2,(H,22,23)/t15?,26-/m1/s1. The van der Waals surface area contributed by atoms with Crippen LogP contribution in [0.4, 0.5) is 19.0 Å². The van der Waals surface area contributed by atoms with Gasteiger partial charge < -0.3 is 10.4 Å². The van der Waals surface area contributed by atoms with Crippen LogP contribution in [0.2, 0.25) is 0 Å². The third-order valence-corrected chi connectivity index (χ3v) is 4.90. The molecule has 0 aliphatic heterocycles. The van der Waals surface area contributed by atoms with Crippen molar-refractivity contribution >= 4 is 16.6 Å². The molecule has 9 heteroatoms. The predicted molar refractivity (Wildman–Crippen MR) is 91.4 cm³/mol. The Balaban J connectivity index is 1.91. The number of benzene rings is 1. The van der Waals surface area contributed by atoms with Gasteiger partial charge in [-0.1, -0.05) is 30.3 Å². The van der Waals surface area contributed by atoms with Crippen molar-refractivity contribution in [1.82, 2.24) is 4.98 Å². The van der Waals surface area contributed by atoms with Crippen molar-refractivity contribution in [3.8, 4) is 6.07 Å². The number of nitrogens with one attached hydrogen (secondary N) is 1. The molecule has 0 aliphatic carbocycles. The summed E-state index contributed by atoms with van der Waals surface area (Å²) in [5.74, 6) is 0.118. The zero-order valence-corrected chi connectivity index (χ0v) is 14.3. The van der Waals surface area contributed by atoms with E-state index in [4.69, 9.17) is 5.26 Å². The van der Waals surface area contributed by atoms with Gasteiger partial charge >= 0.3 is 6.18 Å². The molecular weight excluding hydrogens is 367 g/mol. The van der Waals surface area contributed by atoms with Gasteiger partial charge in [0.1, 0.15) is 17.3 Å². The van der Waals surface area contributed by atoms with Gasteiger partial charge in [0.2, 0.25) is 0 Å². The van der Waals surface area contributed by atoms with E-state index in [2.05, 4.69) is 10.3 Å². The number of halogens is 3. The van der Waals surface area contributed by atoms with Gasteiger partial charge in [-0.15, -0.1) is 0 Å². The fourth-order valence-corrected chi connectivity index (χ4v) is 3.25. The molecule has 1 aromatic carbocycles. The van der Waals surface area contributed by atoms with E-state index in [1.807, 2.05) is 6.07 Å². The predicted octanol–water partition coefficient (Wildman–Crippen LogP) is 3.04. The van der Waals surface area contributed by atoms with Crippen LogP contribution in [0.3, 0.4) is 0 Å². The van der Waals surface area contributed by atoms with E-state index in [1.165, 1.54) is 12.1 Å². The molecule has 1 unspecified atom stereocenters. The molecule has 138 valence electrons. The van der Waals surface area contributed by atoms with E-state index in [0.29, 0.717) is 0 Å². The summed E-state index contributed by atoms with van der Waals surface area (Å²) in [6, 6.07) is 12.7. The molecule has 0 spiro atoms. The largest absolute Gasteiger partial charge is 0.434 e. The Labute approximate surface area is 151 Å². The van der Waals surface area contributed by atoms with E-state index >= 15 is 0 Å². The summed E-state index contributed by atoms with van der Waals surface area (Å²) in [4.78, 5) is 3.41. The molecule has 5 nitrogen and oxygen atoms in total. The van der Waals surface area contributed by atoms with E-state index < -0.39 is 33.7 Å². The van der Waals surface area contributed by atoms with Crippen LogP contribution in [0.1, 0.15) is 23.2 Å². The van der Waals surface area contributed by atoms with Crippen LogP contribution in [0.15, 0.2) is 42.5 Å². The van der Waals surface area contributed by atoms with Crippen LogP contribution in [-0.4, -0.2) is 26.3 Å². The van der Waals surface area contributed by atoms with Crippen molar-refractivity contribution in [2.45, 2.75) is 23.8 Å². The van der Waals surface area contributed by atoms with E-state index in [1.54, 1.807) is 24.3 Å². The van der Waals surface area contributed by atoms with Crippen molar-refractivity contribution in [1.29, 1.82) is 5.26 Å². The molecule has 26 heavy (non-hydrogen) atoms. The van der Waals surface area contributed by atoms with Gasteiger partial charge in [-0.3, -0.25) is 4.21 Å². The monoisotopic (exact) mass is 383 g/mol. The van der Waals surface area contributed by atoms with Gasteiger partial charge in [-0.05, 0) is 17.7 Å². The highest BCUT2D eigenvalue weighted by Crippen LogP contribution is 2.31. The Morgan fingerprint density at radius 2 is 1.92 bits per heavy atom. The number of hydrogen-bond donors (Lipinski definition) is 2. The van der Waals surface area contributed by atoms with Crippen molar-refractivity contribution in [2.24, 2.45) is 0 Å². The Morgan fingerprint density at radius 3 is 2.54 bits per heavy atom. The molecule has 2 aromatic rings. The number of aromatic nitrogens is 1. The maximum Gasteiger partial charge on any atom is 0.434 e. The Bertz CT molecular complexity index is 807. The highest BCUT2D eigenvalue weighted by molar-refractivity contribution is 7.84. The summed E-state index contributed by atoms with van der Waals surface area (Å²) in [6.07, 6.45) is -4.66.